The molecule has 0 saturated carbocycles. The van der Waals surface area contributed by atoms with Crippen molar-refractivity contribution >= 4 is 0 Å². The second kappa shape index (κ2) is 4.55. The van der Waals surface area contributed by atoms with Crippen LogP contribution in [0.3, 0.4) is 0 Å². The molecule has 1 aromatic heterocycles. The molecular formula is C14H17N3O. The summed E-state index contributed by atoms with van der Waals surface area (Å²) < 4.78 is 7.50. The van der Waals surface area contributed by atoms with Gasteiger partial charge in [-0.2, -0.15) is 0 Å². The molecule has 0 aliphatic carbocycles. The van der Waals surface area contributed by atoms with Crippen molar-refractivity contribution in [3.05, 3.63) is 53.1 Å². The Hall–Kier alpha value is -1.65. The van der Waals surface area contributed by atoms with E-state index in [0.29, 0.717) is 13.2 Å². The highest BCUT2D eigenvalue weighted by atomic mass is 16.5. The van der Waals surface area contributed by atoms with E-state index in [-0.39, 0.29) is 6.04 Å². The monoisotopic (exact) mass is 243 g/mol. The highest BCUT2D eigenvalue weighted by Crippen LogP contribution is 2.25. The van der Waals surface area contributed by atoms with Crippen LogP contribution in [-0.2, 0) is 24.5 Å². The Kier molecular flexibility index (Phi) is 2.89. The SMILES string of the molecule is CCn1ccnc1C(N)c1ccc2c(c1)COC2. The van der Waals surface area contributed by atoms with Crippen molar-refractivity contribution in [3.63, 3.8) is 0 Å². The first-order chi connectivity index (χ1) is 8.79. The van der Waals surface area contributed by atoms with Crippen LogP contribution in [-0.4, -0.2) is 9.55 Å². The minimum absolute atomic E-state index is 0.175. The van der Waals surface area contributed by atoms with E-state index in [4.69, 9.17) is 10.5 Å². The van der Waals surface area contributed by atoms with Crippen molar-refractivity contribution in [2.75, 3.05) is 0 Å². The van der Waals surface area contributed by atoms with Gasteiger partial charge in [0.25, 0.3) is 0 Å². The average molecular weight is 243 g/mol. The summed E-state index contributed by atoms with van der Waals surface area (Å²) in [6, 6.07) is 6.15. The Bertz CT molecular complexity index is 562. The van der Waals surface area contributed by atoms with E-state index in [2.05, 4.69) is 34.7 Å². The van der Waals surface area contributed by atoms with Crippen molar-refractivity contribution in [1.29, 1.82) is 0 Å². The normalized spacial score (nSPS) is 15.7. The number of hydrogen-bond donors (Lipinski definition) is 1. The summed E-state index contributed by atoms with van der Waals surface area (Å²) in [5, 5.41) is 0. The number of nitrogens with two attached hydrogens (primary N) is 1. The van der Waals surface area contributed by atoms with Crippen LogP contribution in [0.15, 0.2) is 30.6 Å². The summed E-state index contributed by atoms with van der Waals surface area (Å²) >= 11 is 0. The zero-order valence-corrected chi connectivity index (χ0v) is 10.5. The first-order valence-corrected chi connectivity index (χ1v) is 6.25. The van der Waals surface area contributed by atoms with Gasteiger partial charge in [-0.3, -0.25) is 0 Å². The van der Waals surface area contributed by atoms with E-state index in [1.165, 1.54) is 11.1 Å². The highest BCUT2D eigenvalue weighted by molar-refractivity contribution is 5.36. The van der Waals surface area contributed by atoms with E-state index in [0.717, 1.165) is 17.9 Å². The Morgan fingerprint density at radius 2 is 2.22 bits per heavy atom. The topological polar surface area (TPSA) is 53.1 Å². The number of ether oxygens (including phenoxy) is 1. The molecule has 4 nitrogen and oxygen atoms in total. The minimum atomic E-state index is -0.175. The Morgan fingerprint density at radius 3 is 3.06 bits per heavy atom. The number of benzene rings is 1. The third-order valence-corrected chi connectivity index (χ3v) is 3.47. The lowest BCUT2D eigenvalue weighted by atomic mass is 10.0. The third kappa shape index (κ3) is 1.83. The predicted octanol–water partition coefficient (Wildman–Crippen LogP) is 1.98. The molecule has 1 atom stereocenters. The molecule has 0 saturated heterocycles. The lowest BCUT2D eigenvalue weighted by Gasteiger charge is -2.14. The smallest absolute Gasteiger partial charge is 0.130 e. The van der Waals surface area contributed by atoms with Gasteiger partial charge in [-0.05, 0) is 23.6 Å². The van der Waals surface area contributed by atoms with Crippen LogP contribution < -0.4 is 5.73 Å². The predicted molar refractivity (Wildman–Crippen MR) is 68.9 cm³/mol. The van der Waals surface area contributed by atoms with E-state index in [1.54, 1.807) is 6.20 Å². The molecule has 0 fully saturated rings. The molecule has 1 aliphatic heterocycles. The van der Waals surface area contributed by atoms with E-state index < -0.39 is 0 Å². The Morgan fingerprint density at radius 1 is 1.39 bits per heavy atom. The molecule has 1 aromatic carbocycles. The average Bonchev–Trinajstić information content (AvgIpc) is 3.05. The number of rotatable bonds is 3. The van der Waals surface area contributed by atoms with Crippen molar-refractivity contribution < 1.29 is 4.74 Å². The second-order valence-electron chi connectivity index (χ2n) is 4.57. The van der Waals surface area contributed by atoms with Crippen LogP contribution in [0, 0.1) is 0 Å². The number of fused-ring (bicyclic) bond motifs is 1. The maximum absolute atomic E-state index is 6.31. The van der Waals surface area contributed by atoms with Crippen LogP contribution >= 0.6 is 0 Å². The van der Waals surface area contributed by atoms with Crippen LogP contribution in [0.25, 0.3) is 0 Å². The number of nitrogens with zero attached hydrogens (tertiary/aromatic N) is 2. The van der Waals surface area contributed by atoms with Crippen LogP contribution in [0.2, 0.25) is 0 Å². The molecule has 2 N–H and O–H groups in total. The lowest BCUT2D eigenvalue weighted by Crippen LogP contribution is -2.17. The minimum Gasteiger partial charge on any atom is -0.372 e. The molecule has 2 heterocycles. The summed E-state index contributed by atoms with van der Waals surface area (Å²) in [5.74, 6) is 0.913. The van der Waals surface area contributed by atoms with Crippen molar-refractivity contribution in [2.24, 2.45) is 5.73 Å². The van der Waals surface area contributed by atoms with Crippen molar-refractivity contribution in [2.45, 2.75) is 32.7 Å². The maximum Gasteiger partial charge on any atom is 0.130 e. The fourth-order valence-corrected chi connectivity index (χ4v) is 2.40. The van der Waals surface area contributed by atoms with Gasteiger partial charge in [0.15, 0.2) is 0 Å². The molecule has 0 radical (unpaired) electrons. The summed E-state index contributed by atoms with van der Waals surface area (Å²) in [6.07, 6.45) is 3.76. The number of aryl methyl sites for hydroxylation is 1. The largest absolute Gasteiger partial charge is 0.372 e. The van der Waals surface area contributed by atoms with Gasteiger partial charge in [0.05, 0.1) is 19.3 Å². The third-order valence-electron chi connectivity index (χ3n) is 3.47. The maximum atomic E-state index is 6.31. The molecule has 4 heteroatoms. The van der Waals surface area contributed by atoms with Crippen molar-refractivity contribution in [3.8, 4) is 0 Å². The molecule has 1 aliphatic rings. The standard InChI is InChI=1S/C14H17N3O/c1-2-17-6-5-16-14(17)13(15)10-3-4-11-8-18-9-12(11)7-10/h3-7,13H,2,8-9,15H2,1H3. The van der Waals surface area contributed by atoms with Gasteiger partial charge in [-0.15, -0.1) is 0 Å². The molecule has 0 amide bonds. The van der Waals surface area contributed by atoms with Gasteiger partial charge in [-0.25, -0.2) is 4.98 Å². The number of aromatic nitrogens is 2. The summed E-state index contributed by atoms with van der Waals surface area (Å²) in [7, 11) is 0. The lowest BCUT2D eigenvalue weighted by molar-refractivity contribution is 0.134. The summed E-state index contributed by atoms with van der Waals surface area (Å²) in [4.78, 5) is 4.36. The van der Waals surface area contributed by atoms with Crippen molar-refractivity contribution in [1.82, 2.24) is 9.55 Å². The first-order valence-electron chi connectivity index (χ1n) is 6.25. The summed E-state index contributed by atoms with van der Waals surface area (Å²) in [5.41, 5.74) is 9.92. The van der Waals surface area contributed by atoms with Gasteiger partial charge >= 0.3 is 0 Å². The summed E-state index contributed by atoms with van der Waals surface area (Å²) in [6.45, 7) is 4.39. The number of hydrogen-bond acceptors (Lipinski definition) is 3. The first kappa shape index (κ1) is 11.4. The zero-order valence-electron chi connectivity index (χ0n) is 10.5. The molecule has 0 bridgehead atoms. The van der Waals surface area contributed by atoms with Crippen LogP contribution in [0.4, 0.5) is 0 Å². The Balaban J connectivity index is 1.95. The molecule has 1 unspecified atom stereocenters. The molecule has 18 heavy (non-hydrogen) atoms. The van der Waals surface area contributed by atoms with Gasteiger partial charge < -0.3 is 15.0 Å². The van der Waals surface area contributed by atoms with E-state index >= 15 is 0 Å². The fourth-order valence-electron chi connectivity index (χ4n) is 2.40. The quantitative estimate of drug-likeness (QED) is 0.896. The zero-order chi connectivity index (χ0) is 12.5. The molecule has 3 rings (SSSR count). The second-order valence-corrected chi connectivity index (χ2v) is 4.57. The van der Waals surface area contributed by atoms with Crippen LogP contribution in [0.5, 0.6) is 0 Å². The number of imidazole rings is 1. The molecular weight excluding hydrogens is 226 g/mol. The van der Waals surface area contributed by atoms with E-state index in [9.17, 15) is 0 Å². The fraction of sp³-hybridized carbons (Fsp3) is 0.357. The van der Waals surface area contributed by atoms with Crippen LogP contribution in [0.1, 0.15) is 35.5 Å². The van der Waals surface area contributed by atoms with Gasteiger partial charge in [0.1, 0.15) is 5.82 Å². The van der Waals surface area contributed by atoms with Gasteiger partial charge in [0.2, 0.25) is 0 Å². The molecule has 94 valence electrons. The molecule has 2 aromatic rings. The van der Waals surface area contributed by atoms with Gasteiger partial charge in [0, 0.05) is 18.9 Å². The highest BCUT2D eigenvalue weighted by Gasteiger charge is 2.17. The van der Waals surface area contributed by atoms with Gasteiger partial charge in [-0.1, -0.05) is 18.2 Å². The molecule has 0 spiro atoms. The van der Waals surface area contributed by atoms with E-state index in [1.807, 2.05) is 6.20 Å². The Labute approximate surface area is 106 Å².